The van der Waals surface area contributed by atoms with Gasteiger partial charge in [-0.25, -0.2) is 4.98 Å². The van der Waals surface area contributed by atoms with Gasteiger partial charge in [0.25, 0.3) is 0 Å². The van der Waals surface area contributed by atoms with E-state index in [0.717, 1.165) is 11.3 Å². The number of anilines is 1. The topological polar surface area (TPSA) is 57.4 Å². The van der Waals surface area contributed by atoms with E-state index in [-0.39, 0.29) is 0 Å². The van der Waals surface area contributed by atoms with Gasteiger partial charge in [0, 0.05) is 12.3 Å². The number of hydrogen-bond donors (Lipinski definition) is 1. The van der Waals surface area contributed by atoms with Crippen LogP contribution in [0.15, 0.2) is 36.5 Å². The van der Waals surface area contributed by atoms with Crippen LogP contribution in [0.5, 0.6) is 17.4 Å². The molecule has 1 heterocycles. The average molecular weight is 244 g/mol. The van der Waals surface area contributed by atoms with Crippen molar-refractivity contribution < 1.29 is 9.47 Å². The summed E-state index contributed by atoms with van der Waals surface area (Å²) < 4.78 is 11.0. The number of nitrogens with two attached hydrogens (primary N) is 1. The van der Waals surface area contributed by atoms with Crippen molar-refractivity contribution in [3.05, 3.63) is 42.1 Å². The minimum atomic E-state index is 0.411. The monoisotopic (exact) mass is 244 g/mol. The van der Waals surface area contributed by atoms with Crippen molar-refractivity contribution in [3.8, 4) is 17.4 Å². The molecular formula is C14H16N2O2. The molecule has 0 aliphatic heterocycles. The molecule has 0 aliphatic carbocycles. The van der Waals surface area contributed by atoms with E-state index in [1.807, 2.05) is 44.2 Å². The summed E-state index contributed by atoms with van der Waals surface area (Å²) in [7, 11) is 0. The zero-order valence-electron chi connectivity index (χ0n) is 10.5. The largest absolute Gasteiger partial charge is 0.494 e. The van der Waals surface area contributed by atoms with Crippen molar-refractivity contribution >= 4 is 5.69 Å². The molecule has 0 spiro atoms. The summed E-state index contributed by atoms with van der Waals surface area (Å²) in [6.07, 6.45) is 1.72. The maximum Gasteiger partial charge on any atom is 0.242 e. The van der Waals surface area contributed by atoms with Gasteiger partial charge in [-0.2, -0.15) is 0 Å². The van der Waals surface area contributed by atoms with Gasteiger partial charge in [0.1, 0.15) is 11.5 Å². The SMILES string of the molecule is CCOc1cccc(Oc2ncc(C)cc2N)c1. The number of aryl methyl sites for hydroxylation is 1. The second-order valence-electron chi connectivity index (χ2n) is 3.92. The molecule has 0 amide bonds. The Labute approximate surface area is 106 Å². The number of nitrogen functional groups attached to an aromatic ring is 1. The summed E-state index contributed by atoms with van der Waals surface area (Å²) in [6, 6.07) is 9.22. The van der Waals surface area contributed by atoms with Gasteiger partial charge in [-0.05, 0) is 37.6 Å². The first-order valence-electron chi connectivity index (χ1n) is 5.82. The molecule has 4 heteroatoms. The molecule has 18 heavy (non-hydrogen) atoms. The quantitative estimate of drug-likeness (QED) is 0.897. The Hall–Kier alpha value is -2.23. The Morgan fingerprint density at radius 2 is 2.00 bits per heavy atom. The number of nitrogens with zero attached hydrogens (tertiary/aromatic N) is 1. The summed E-state index contributed by atoms with van der Waals surface area (Å²) >= 11 is 0. The van der Waals surface area contributed by atoms with Crippen LogP contribution in [0.25, 0.3) is 0 Å². The van der Waals surface area contributed by atoms with Crippen molar-refractivity contribution in [1.82, 2.24) is 4.98 Å². The number of aromatic nitrogens is 1. The fourth-order valence-corrected chi connectivity index (χ4v) is 1.57. The Kier molecular flexibility index (Phi) is 3.67. The molecule has 2 aromatic rings. The lowest BCUT2D eigenvalue weighted by Crippen LogP contribution is -1.96. The number of hydrogen-bond acceptors (Lipinski definition) is 4. The molecule has 0 atom stereocenters. The van der Waals surface area contributed by atoms with Crippen LogP contribution >= 0.6 is 0 Å². The summed E-state index contributed by atoms with van der Waals surface area (Å²) in [5.74, 6) is 1.83. The molecule has 0 aliphatic rings. The Morgan fingerprint density at radius 1 is 1.22 bits per heavy atom. The second kappa shape index (κ2) is 5.40. The lowest BCUT2D eigenvalue weighted by atomic mass is 10.3. The molecular weight excluding hydrogens is 228 g/mol. The first-order chi connectivity index (χ1) is 8.69. The molecule has 4 nitrogen and oxygen atoms in total. The smallest absolute Gasteiger partial charge is 0.242 e. The van der Waals surface area contributed by atoms with E-state index in [4.69, 9.17) is 15.2 Å². The third kappa shape index (κ3) is 2.91. The van der Waals surface area contributed by atoms with E-state index in [2.05, 4.69) is 4.98 Å². The summed E-state index contributed by atoms with van der Waals surface area (Å²) in [5, 5.41) is 0. The van der Waals surface area contributed by atoms with Crippen LogP contribution in [-0.4, -0.2) is 11.6 Å². The van der Waals surface area contributed by atoms with Crippen molar-refractivity contribution in [3.63, 3.8) is 0 Å². The summed E-state index contributed by atoms with van der Waals surface area (Å²) in [5.41, 5.74) is 7.37. The molecule has 94 valence electrons. The van der Waals surface area contributed by atoms with Gasteiger partial charge < -0.3 is 15.2 Å². The van der Waals surface area contributed by atoms with Crippen molar-refractivity contribution in [2.24, 2.45) is 0 Å². The van der Waals surface area contributed by atoms with Gasteiger partial charge in [0.05, 0.1) is 12.3 Å². The second-order valence-corrected chi connectivity index (χ2v) is 3.92. The highest BCUT2D eigenvalue weighted by atomic mass is 16.5. The molecule has 0 bridgehead atoms. The fourth-order valence-electron chi connectivity index (χ4n) is 1.57. The number of benzene rings is 1. The highest BCUT2D eigenvalue weighted by Crippen LogP contribution is 2.27. The van der Waals surface area contributed by atoms with Gasteiger partial charge in [0.15, 0.2) is 0 Å². The highest BCUT2D eigenvalue weighted by molar-refractivity contribution is 5.51. The zero-order valence-corrected chi connectivity index (χ0v) is 10.5. The molecule has 0 saturated heterocycles. The fraction of sp³-hybridized carbons (Fsp3) is 0.214. The first kappa shape index (κ1) is 12.2. The van der Waals surface area contributed by atoms with Crippen LogP contribution in [0, 0.1) is 6.92 Å². The van der Waals surface area contributed by atoms with Crippen LogP contribution in [0.3, 0.4) is 0 Å². The van der Waals surface area contributed by atoms with Gasteiger partial charge in [-0.3, -0.25) is 0 Å². The minimum Gasteiger partial charge on any atom is -0.494 e. The number of pyridine rings is 1. The van der Waals surface area contributed by atoms with E-state index in [1.54, 1.807) is 6.20 Å². The molecule has 0 radical (unpaired) electrons. The lowest BCUT2D eigenvalue weighted by molar-refractivity contribution is 0.338. The predicted molar refractivity (Wildman–Crippen MR) is 71.1 cm³/mol. The Balaban J connectivity index is 2.20. The molecule has 0 saturated carbocycles. The Bertz CT molecular complexity index is 541. The number of ether oxygens (including phenoxy) is 2. The standard InChI is InChI=1S/C14H16N2O2/c1-3-17-11-5-4-6-12(8-11)18-14-13(15)7-10(2)9-16-14/h4-9H,3,15H2,1-2H3. The molecule has 2 rings (SSSR count). The normalized spacial score (nSPS) is 10.1. The van der Waals surface area contributed by atoms with E-state index < -0.39 is 0 Å². The zero-order chi connectivity index (χ0) is 13.0. The van der Waals surface area contributed by atoms with E-state index in [0.29, 0.717) is 23.9 Å². The first-order valence-corrected chi connectivity index (χ1v) is 5.82. The molecule has 0 unspecified atom stereocenters. The molecule has 1 aromatic carbocycles. The van der Waals surface area contributed by atoms with Crippen molar-refractivity contribution in [1.29, 1.82) is 0 Å². The predicted octanol–water partition coefficient (Wildman–Crippen LogP) is 3.16. The third-order valence-electron chi connectivity index (χ3n) is 2.35. The molecule has 2 N–H and O–H groups in total. The number of rotatable bonds is 4. The van der Waals surface area contributed by atoms with Gasteiger partial charge >= 0.3 is 0 Å². The van der Waals surface area contributed by atoms with Gasteiger partial charge in [-0.15, -0.1) is 0 Å². The lowest BCUT2D eigenvalue weighted by Gasteiger charge is -2.09. The minimum absolute atomic E-state index is 0.411. The van der Waals surface area contributed by atoms with E-state index in [9.17, 15) is 0 Å². The maximum atomic E-state index is 5.85. The summed E-state index contributed by atoms with van der Waals surface area (Å²) in [6.45, 7) is 4.49. The van der Waals surface area contributed by atoms with Gasteiger partial charge in [0.2, 0.25) is 5.88 Å². The van der Waals surface area contributed by atoms with Gasteiger partial charge in [-0.1, -0.05) is 6.07 Å². The van der Waals surface area contributed by atoms with Crippen molar-refractivity contribution in [2.75, 3.05) is 12.3 Å². The summed E-state index contributed by atoms with van der Waals surface area (Å²) in [4.78, 5) is 4.16. The third-order valence-corrected chi connectivity index (χ3v) is 2.35. The molecule has 0 fully saturated rings. The Morgan fingerprint density at radius 3 is 2.72 bits per heavy atom. The van der Waals surface area contributed by atoms with E-state index in [1.165, 1.54) is 0 Å². The highest BCUT2D eigenvalue weighted by Gasteiger charge is 2.05. The van der Waals surface area contributed by atoms with Crippen LogP contribution < -0.4 is 15.2 Å². The van der Waals surface area contributed by atoms with Crippen LogP contribution in [-0.2, 0) is 0 Å². The molecule has 1 aromatic heterocycles. The van der Waals surface area contributed by atoms with Crippen LogP contribution in [0.1, 0.15) is 12.5 Å². The van der Waals surface area contributed by atoms with Crippen LogP contribution in [0.2, 0.25) is 0 Å². The maximum absolute atomic E-state index is 5.85. The average Bonchev–Trinajstić information content (AvgIpc) is 2.34. The van der Waals surface area contributed by atoms with Crippen molar-refractivity contribution in [2.45, 2.75) is 13.8 Å². The van der Waals surface area contributed by atoms with Crippen LogP contribution in [0.4, 0.5) is 5.69 Å². The van der Waals surface area contributed by atoms with E-state index >= 15 is 0 Å².